The summed E-state index contributed by atoms with van der Waals surface area (Å²) >= 11 is 0. The fraction of sp³-hybridized carbons (Fsp3) is 0.222. The first kappa shape index (κ1) is 15.2. The van der Waals surface area contributed by atoms with Crippen molar-refractivity contribution in [2.45, 2.75) is 12.8 Å². The third-order valence-electron chi connectivity index (χ3n) is 3.92. The minimum Gasteiger partial charge on any atom is -0.356 e. The number of anilines is 1. The Bertz CT molecular complexity index is 766. The summed E-state index contributed by atoms with van der Waals surface area (Å²) in [5, 5.41) is 8.79. The first-order valence-corrected chi connectivity index (χ1v) is 7.41. The van der Waals surface area contributed by atoms with Crippen molar-refractivity contribution < 1.29 is 8.78 Å². The van der Waals surface area contributed by atoms with Gasteiger partial charge in [-0.3, -0.25) is 0 Å². The minimum absolute atomic E-state index is 0.546. The molecule has 2 heterocycles. The van der Waals surface area contributed by atoms with Crippen LogP contribution in [0.15, 0.2) is 42.1 Å². The maximum atomic E-state index is 13.2. The smallest absolute Gasteiger partial charge is 0.159 e. The molecule has 23 heavy (non-hydrogen) atoms. The average molecular weight is 311 g/mol. The van der Waals surface area contributed by atoms with E-state index in [1.807, 2.05) is 12.1 Å². The maximum absolute atomic E-state index is 13.2. The van der Waals surface area contributed by atoms with Crippen molar-refractivity contribution in [2.75, 3.05) is 18.0 Å². The minimum atomic E-state index is -0.825. The first-order valence-electron chi connectivity index (χ1n) is 7.41. The Morgan fingerprint density at radius 3 is 2.48 bits per heavy atom. The van der Waals surface area contributed by atoms with E-state index in [4.69, 9.17) is 5.26 Å². The Morgan fingerprint density at radius 1 is 1.09 bits per heavy atom. The van der Waals surface area contributed by atoms with Gasteiger partial charge < -0.3 is 4.90 Å². The van der Waals surface area contributed by atoms with Crippen molar-refractivity contribution in [1.29, 1.82) is 5.26 Å². The zero-order chi connectivity index (χ0) is 16.2. The summed E-state index contributed by atoms with van der Waals surface area (Å²) in [5.41, 5.74) is 2.44. The molecule has 1 saturated heterocycles. The van der Waals surface area contributed by atoms with E-state index in [1.54, 1.807) is 18.3 Å². The quantitative estimate of drug-likeness (QED) is 0.844. The largest absolute Gasteiger partial charge is 0.356 e. The molecule has 0 atom stereocenters. The number of hydrogen-bond donors (Lipinski definition) is 0. The van der Waals surface area contributed by atoms with E-state index >= 15 is 0 Å². The molecule has 0 unspecified atom stereocenters. The van der Waals surface area contributed by atoms with Crippen LogP contribution in [0.25, 0.3) is 6.08 Å². The molecule has 0 bridgehead atoms. The molecule has 0 aliphatic carbocycles. The van der Waals surface area contributed by atoms with Gasteiger partial charge in [-0.15, -0.1) is 0 Å². The van der Waals surface area contributed by atoms with Crippen molar-refractivity contribution >= 4 is 11.9 Å². The Kier molecular flexibility index (Phi) is 4.33. The third-order valence-corrected chi connectivity index (χ3v) is 3.92. The molecule has 116 valence electrons. The standard InChI is InChI=1S/C18H15F2N3/c19-16-3-1-14(10-17(16)20)9-13-5-7-23(8-6-13)18-4-2-15(11-21)12-22-18/h1-4,9-10,12H,5-8H2. The van der Waals surface area contributed by atoms with Crippen LogP contribution in [0, 0.1) is 23.0 Å². The monoisotopic (exact) mass is 311 g/mol. The molecular weight excluding hydrogens is 296 g/mol. The van der Waals surface area contributed by atoms with Crippen molar-refractivity contribution in [3.05, 3.63) is 64.9 Å². The van der Waals surface area contributed by atoms with Crippen LogP contribution in [0.5, 0.6) is 0 Å². The van der Waals surface area contributed by atoms with Crippen LogP contribution in [0.2, 0.25) is 0 Å². The van der Waals surface area contributed by atoms with Gasteiger partial charge in [-0.2, -0.15) is 5.26 Å². The summed E-state index contributed by atoms with van der Waals surface area (Å²) in [6.45, 7) is 1.63. The number of benzene rings is 1. The lowest BCUT2D eigenvalue weighted by Crippen LogP contribution is -2.31. The van der Waals surface area contributed by atoms with Crippen molar-refractivity contribution in [3.63, 3.8) is 0 Å². The SMILES string of the molecule is N#Cc1ccc(N2CCC(=Cc3ccc(F)c(F)c3)CC2)nc1. The van der Waals surface area contributed by atoms with Gasteiger partial charge in [0.2, 0.25) is 0 Å². The third kappa shape index (κ3) is 3.54. The Labute approximate surface area is 133 Å². The summed E-state index contributed by atoms with van der Waals surface area (Å²) < 4.78 is 26.2. The predicted molar refractivity (Wildman–Crippen MR) is 84.7 cm³/mol. The van der Waals surface area contributed by atoms with Gasteiger partial charge in [-0.25, -0.2) is 13.8 Å². The first-order chi connectivity index (χ1) is 11.2. The highest BCUT2D eigenvalue weighted by molar-refractivity contribution is 5.54. The molecule has 3 nitrogen and oxygen atoms in total. The van der Waals surface area contributed by atoms with Gasteiger partial charge in [0, 0.05) is 19.3 Å². The fourth-order valence-corrected chi connectivity index (χ4v) is 2.64. The summed E-state index contributed by atoms with van der Waals surface area (Å²) in [4.78, 5) is 6.45. The van der Waals surface area contributed by atoms with Crippen LogP contribution in [0.4, 0.5) is 14.6 Å². The van der Waals surface area contributed by atoms with Crippen LogP contribution in [0.3, 0.4) is 0 Å². The van der Waals surface area contributed by atoms with Gasteiger partial charge in [0.1, 0.15) is 11.9 Å². The fourth-order valence-electron chi connectivity index (χ4n) is 2.64. The second-order valence-electron chi connectivity index (χ2n) is 5.48. The van der Waals surface area contributed by atoms with Crippen LogP contribution in [0.1, 0.15) is 24.0 Å². The number of piperidine rings is 1. The molecule has 0 amide bonds. The van der Waals surface area contributed by atoms with Gasteiger partial charge in [-0.1, -0.05) is 17.7 Å². The second-order valence-corrected chi connectivity index (χ2v) is 5.48. The molecule has 1 aliphatic rings. The number of nitriles is 1. The summed E-state index contributed by atoms with van der Waals surface area (Å²) in [6, 6.07) is 9.61. The molecule has 0 N–H and O–H groups in total. The molecule has 0 saturated carbocycles. The topological polar surface area (TPSA) is 39.9 Å². The van der Waals surface area contributed by atoms with Crippen molar-refractivity contribution in [3.8, 4) is 6.07 Å². The van der Waals surface area contributed by atoms with E-state index in [0.29, 0.717) is 11.1 Å². The van der Waals surface area contributed by atoms with E-state index in [0.717, 1.165) is 37.8 Å². The highest BCUT2D eigenvalue weighted by atomic mass is 19.2. The number of halogens is 2. The number of rotatable bonds is 2. The van der Waals surface area contributed by atoms with Crippen LogP contribution in [-0.4, -0.2) is 18.1 Å². The van der Waals surface area contributed by atoms with E-state index in [1.165, 1.54) is 11.6 Å². The molecule has 1 aromatic heterocycles. The van der Waals surface area contributed by atoms with E-state index in [2.05, 4.69) is 16.0 Å². The summed E-state index contributed by atoms with van der Waals surface area (Å²) in [5.74, 6) is -0.789. The highest BCUT2D eigenvalue weighted by Gasteiger charge is 2.15. The van der Waals surface area contributed by atoms with Gasteiger partial charge in [0.25, 0.3) is 0 Å². The average Bonchev–Trinajstić information content (AvgIpc) is 2.59. The normalized spacial score (nSPS) is 14.5. The zero-order valence-corrected chi connectivity index (χ0v) is 12.5. The Balaban J connectivity index is 1.66. The predicted octanol–water partition coefficient (Wildman–Crippen LogP) is 3.92. The lowest BCUT2D eigenvalue weighted by Gasteiger charge is -2.29. The molecule has 1 fully saturated rings. The van der Waals surface area contributed by atoms with Crippen molar-refractivity contribution in [1.82, 2.24) is 4.98 Å². The second kappa shape index (κ2) is 6.57. The van der Waals surface area contributed by atoms with Gasteiger partial charge >= 0.3 is 0 Å². The van der Waals surface area contributed by atoms with Gasteiger partial charge in [0.15, 0.2) is 11.6 Å². The molecule has 5 heteroatoms. The Hall–Kier alpha value is -2.74. The number of aromatic nitrogens is 1. The van der Waals surface area contributed by atoms with Crippen LogP contribution in [-0.2, 0) is 0 Å². The number of hydrogen-bond acceptors (Lipinski definition) is 3. The summed E-state index contributed by atoms with van der Waals surface area (Å²) in [7, 11) is 0. The number of pyridine rings is 1. The molecule has 0 spiro atoms. The zero-order valence-electron chi connectivity index (χ0n) is 12.5. The van der Waals surface area contributed by atoms with Crippen LogP contribution < -0.4 is 4.90 Å². The lowest BCUT2D eigenvalue weighted by molar-refractivity contribution is 0.508. The van der Waals surface area contributed by atoms with Gasteiger partial charge in [-0.05, 0) is 42.7 Å². The van der Waals surface area contributed by atoms with Crippen molar-refractivity contribution in [2.24, 2.45) is 0 Å². The molecule has 0 radical (unpaired) electrons. The molecule has 2 aromatic rings. The van der Waals surface area contributed by atoms with E-state index in [-0.39, 0.29) is 0 Å². The maximum Gasteiger partial charge on any atom is 0.159 e. The van der Waals surface area contributed by atoms with Crippen LogP contribution >= 0.6 is 0 Å². The number of nitrogens with zero attached hydrogens (tertiary/aromatic N) is 3. The molecule has 1 aliphatic heterocycles. The van der Waals surface area contributed by atoms with E-state index in [9.17, 15) is 8.78 Å². The Morgan fingerprint density at radius 2 is 1.87 bits per heavy atom. The molecule has 3 rings (SSSR count). The van der Waals surface area contributed by atoms with E-state index < -0.39 is 11.6 Å². The molecular formula is C18H15F2N3. The van der Waals surface area contributed by atoms with Gasteiger partial charge in [0.05, 0.1) is 5.56 Å². The molecule has 1 aromatic carbocycles. The lowest BCUT2D eigenvalue weighted by atomic mass is 10.0. The highest BCUT2D eigenvalue weighted by Crippen LogP contribution is 2.23. The summed E-state index contributed by atoms with van der Waals surface area (Å²) in [6.07, 6.45) is 5.19.